The molecule has 0 saturated heterocycles. The molecule has 0 saturated carbocycles. The first-order valence-corrected chi connectivity index (χ1v) is 7.29. The number of carboxylic acids is 1. The summed E-state index contributed by atoms with van der Waals surface area (Å²) in [7, 11) is 0. The molecular formula is C15H17NO2S. The van der Waals surface area contributed by atoms with Gasteiger partial charge in [-0.1, -0.05) is 32.4 Å². The first-order chi connectivity index (χ1) is 9.15. The number of benzene rings is 1. The Hall–Kier alpha value is -1.68. The van der Waals surface area contributed by atoms with Gasteiger partial charge < -0.3 is 5.11 Å². The number of aryl methyl sites for hydroxylation is 2. The van der Waals surface area contributed by atoms with Crippen molar-refractivity contribution in [2.75, 3.05) is 0 Å². The van der Waals surface area contributed by atoms with Crippen molar-refractivity contribution in [2.24, 2.45) is 0 Å². The van der Waals surface area contributed by atoms with Gasteiger partial charge in [0.05, 0.1) is 11.3 Å². The highest BCUT2D eigenvalue weighted by atomic mass is 32.1. The predicted octanol–water partition coefficient (Wildman–Crippen LogP) is 4.02. The van der Waals surface area contributed by atoms with Crippen LogP contribution in [0.4, 0.5) is 0 Å². The van der Waals surface area contributed by atoms with Crippen LogP contribution in [0.1, 0.15) is 41.2 Å². The molecule has 0 atom stereocenters. The molecule has 2 aromatic rings. The summed E-state index contributed by atoms with van der Waals surface area (Å²) in [5.41, 5.74) is 2.36. The maximum Gasteiger partial charge on any atom is 0.335 e. The van der Waals surface area contributed by atoms with Crippen LogP contribution in [-0.2, 0) is 12.8 Å². The summed E-state index contributed by atoms with van der Waals surface area (Å²) < 4.78 is 0. The minimum atomic E-state index is -0.900. The van der Waals surface area contributed by atoms with E-state index in [2.05, 4.69) is 18.8 Å². The van der Waals surface area contributed by atoms with Crippen molar-refractivity contribution in [1.82, 2.24) is 4.98 Å². The minimum absolute atomic E-state index is 0.308. The van der Waals surface area contributed by atoms with E-state index >= 15 is 0 Å². The van der Waals surface area contributed by atoms with E-state index in [9.17, 15) is 4.79 Å². The largest absolute Gasteiger partial charge is 0.478 e. The second kappa shape index (κ2) is 5.97. The van der Waals surface area contributed by atoms with E-state index < -0.39 is 5.97 Å². The third-order valence-electron chi connectivity index (χ3n) is 2.94. The van der Waals surface area contributed by atoms with Crippen molar-refractivity contribution in [3.05, 3.63) is 40.4 Å². The number of thiazole rings is 1. The fourth-order valence-corrected chi connectivity index (χ4v) is 3.04. The van der Waals surface area contributed by atoms with Crippen LogP contribution in [0.3, 0.4) is 0 Å². The lowest BCUT2D eigenvalue weighted by Gasteiger charge is -1.98. The van der Waals surface area contributed by atoms with Crippen molar-refractivity contribution < 1.29 is 9.90 Å². The topological polar surface area (TPSA) is 50.2 Å². The summed E-state index contributed by atoms with van der Waals surface area (Å²) in [5.74, 6) is -0.900. The average molecular weight is 275 g/mol. The van der Waals surface area contributed by atoms with Gasteiger partial charge in [0.15, 0.2) is 0 Å². The van der Waals surface area contributed by atoms with Crippen molar-refractivity contribution in [2.45, 2.75) is 33.1 Å². The molecule has 3 nitrogen and oxygen atoms in total. The highest BCUT2D eigenvalue weighted by Crippen LogP contribution is 2.29. The zero-order valence-corrected chi connectivity index (χ0v) is 12.0. The van der Waals surface area contributed by atoms with Gasteiger partial charge in [-0.25, -0.2) is 9.78 Å². The number of carboxylic acid groups (broad SMARTS) is 1. The van der Waals surface area contributed by atoms with E-state index in [0.717, 1.165) is 35.5 Å². The molecule has 0 aliphatic carbocycles. The van der Waals surface area contributed by atoms with Gasteiger partial charge >= 0.3 is 5.97 Å². The summed E-state index contributed by atoms with van der Waals surface area (Å²) >= 11 is 1.67. The van der Waals surface area contributed by atoms with Crippen LogP contribution in [-0.4, -0.2) is 16.1 Å². The molecule has 1 heterocycles. The second-order valence-corrected chi connectivity index (χ2v) is 5.46. The van der Waals surface area contributed by atoms with E-state index in [-0.39, 0.29) is 0 Å². The Bertz CT molecular complexity index is 590. The number of hydrogen-bond donors (Lipinski definition) is 1. The van der Waals surface area contributed by atoms with Crippen LogP contribution < -0.4 is 0 Å². The summed E-state index contributed by atoms with van der Waals surface area (Å²) in [6.07, 6.45) is 3.04. The van der Waals surface area contributed by atoms with Crippen molar-refractivity contribution in [3.63, 3.8) is 0 Å². The van der Waals surface area contributed by atoms with Gasteiger partial charge in [0.1, 0.15) is 5.01 Å². The molecule has 4 heteroatoms. The summed E-state index contributed by atoms with van der Waals surface area (Å²) in [4.78, 5) is 17.0. The predicted molar refractivity (Wildman–Crippen MR) is 77.9 cm³/mol. The molecule has 0 aliphatic heterocycles. The van der Waals surface area contributed by atoms with Crippen LogP contribution >= 0.6 is 11.3 Å². The molecule has 0 unspecified atom stereocenters. The number of nitrogens with zero attached hydrogens (tertiary/aromatic N) is 1. The maximum atomic E-state index is 11.0. The number of aromatic nitrogens is 1. The Labute approximate surface area is 116 Å². The van der Waals surface area contributed by atoms with Gasteiger partial charge in [-0.15, -0.1) is 11.3 Å². The van der Waals surface area contributed by atoms with Crippen LogP contribution in [0.5, 0.6) is 0 Å². The van der Waals surface area contributed by atoms with Crippen LogP contribution in [0.15, 0.2) is 24.3 Å². The highest BCUT2D eigenvalue weighted by molar-refractivity contribution is 7.15. The number of aromatic carboxylic acids is 1. The molecular weight excluding hydrogens is 258 g/mol. The van der Waals surface area contributed by atoms with Gasteiger partial charge in [0.2, 0.25) is 0 Å². The molecule has 0 aliphatic rings. The van der Waals surface area contributed by atoms with Crippen molar-refractivity contribution in [3.8, 4) is 10.6 Å². The molecule has 1 aromatic carbocycles. The van der Waals surface area contributed by atoms with Gasteiger partial charge in [0.25, 0.3) is 0 Å². The molecule has 0 amide bonds. The number of hydrogen-bond acceptors (Lipinski definition) is 3. The van der Waals surface area contributed by atoms with Gasteiger partial charge in [0, 0.05) is 10.4 Å². The first kappa shape index (κ1) is 13.7. The minimum Gasteiger partial charge on any atom is -0.478 e. The Morgan fingerprint density at radius 3 is 2.79 bits per heavy atom. The van der Waals surface area contributed by atoms with E-state index in [4.69, 9.17) is 5.11 Å². The maximum absolute atomic E-state index is 11.0. The Morgan fingerprint density at radius 2 is 2.16 bits per heavy atom. The van der Waals surface area contributed by atoms with Crippen LogP contribution in [0.2, 0.25) is 0 Å². The third-order valence-corrected chi connectivity index (χ3v) is 4.23. The lowest BCUT2D eigenvalue weighted by atomic mass is 10.1. The van der Waals surface area contributed by atoms with E-state index in [1.807, 2.05) is 6.07 Å². The summed E-state index contributed by atoms with van der Waals surface area (Å²) in [5, 5.41) is 9.95. The second-order valence-electron chi connectivity index (χ2n) is 4.38. The SMILES string of the molecule is CCCc1nc(-c2cccc(C(=O)O)c2)sc1CC. The summed E-state index contributed by atoms with van der Waals surface area (Å²) in [6.45, 7) is 4.27. The molecule has 19 heavy (non-hydrogen) atoms. The van der Waals surface area contributed by atoms with Crippen molar-refractivity contribution in [1.29, 1.82) is 0 Å². The molecule has 0 spiro atoms. The zero-order chi connectivity index (χ0) is 13.8. The molecule has 1 aromatic heterocycles. The molecule has 2 rings (SSSR count). The fourth-order valence-electron chi connectivity index (χ4n) is 2.00. The van der Waals surface area contributed by atoms with Crippen LogP contribution in [0.25, 0.3) is 10.6 Å². The van der Waals surface area contributed by atoms with Crippen LogP contribution in [0, 0.1) is 0 Å². The van der Waals surface area contributed by atoms with E-state index in [0.29, 0.717) is 5.56 Å². The first-order valence-electron chi connectivity index (χ1n) is 6.48. The Kier molecular flexibility index (Phi) is 4.32. The molecule has 100 valence electrons. The van der Waals surface area contributed by atoms with Gasteiger partial charge in [-0.05, 0) is 25.0 Å². The molecule has 0 fully saturated rings. The molecule has 1 N–H and O–H groups in total. The normalized spacial score (nSPS) is 10.6. The van der Waals surface area contributed by atoms with E-state index in [1.165, 1.54) is 4.88 Å². The molecule has 0 radical (unpaired) electrons. The lowest BCUT2D eigenvalue weighted by Crippen LogP contribution is -1.95. The van der Waals surface area contributed by atoms with Crippen molar-refractivity contribution >= 4 is 17.3 Å². The third kappa shape index (κ3) is 3.01. The fraction of sp³-hybridized carbons (Fsp3) is 0.333. The zero-order valence-electron chi connectivity index (χ0n) is 11.1. The summed E-state index contributed by atoms with van der Waals surface area (Å²) in [6, 6.07) is 6.98. The lowest BCUT2D eigenvalue weighted by molar-refractivity contribution is 0.0697. The van der Waals surface area contributed by atoms with E-state index in [1.54, 1.807) is 29.5 Å². The number of carbonyl (C=O) groups is 1. The number of rotatable bonds is 5. The van der Waals surface area contributed by atoms with Gasteiger partial charge in [-0.2, -0.15) is 0 Å². The average Bonchev–Trinajstić information content (AvgIpc) is 2.82. The standard InChI is InChI=1S/C15H17NO2S/c1-3-6-12-13(4-2)19-14(16-12)10-7-5-8-11(9-10)15(17)18/h5,7-9H,3-4,6H2,1-2H3,(H,17,18). The monoisotopic (exact) mass is 275 g/mol. The molecule has 0 bridgehead atoms. The quantitative estimate of drug-likeness (QED) is 0.896. The van der Waals surface area contributed by atoms with Gasteiger partial charge in [-0.3, -0.25) is 0 Å². The highest BCUT2D eigenvalue weighted by Gasteiger charge is 2.12. The smallest absolute Gasteiger partial charge is 0.335 e. The Morgan fingerprint density at radius 1 is 1.37 bits per heavy atom. The Balaban J connectivity index is 2.41.